The average molecular weight is 252 g/mol. The van der Waals surface area contributed by atoms with Crippen molar-refractivity contribution in [1.82, 2.24) is 0 Å². The van der Waals surface area contributed by atoms with E-state index in [-0.39, 0.29) is 11.1 Å². The molecule has 0 spiro atoms. The van der Waals surface area contributed by atoms with Crippen LogP contribution in [0.2, 0.25) is 0 Å². The van der Waals surface area contributed by atoms with E-state index in [1.807, 2.05) is 6.07 Å². The van der Waals surface area contributed by atoms with Crippen LogP contribution in [-0.2, 0) is 6.42 Å². The Bertz CT molecular complexity index is 493. The average Bonchev–Trinajstić information content (AvgIpc) is 2.83. The van der Waals surface area contributed by atoms with Crippen molar-refractivity contribution in [3.05, 3.63) is 64.1 Å². The van der Waals surface area contributed by atoms with Crippen LogP contribution in [0, 0.1) is 10.1 Å². The van der Waals surface area contributed by atoms with Gasteiger partial charge >= 0.3 is 0 Å². The van der Waals surface area contributed by atoms with Crippen molar-refractivity contribution in [1.29, 1.82) is 0 Å². The zero-order valence-corrected chi connectivity index (χ0v) is 9.63. The summed E-state index contributed by atoms with van der Waals surface area (Å²) in [5, 5.41) is 10.2. The van der Waals surface area contributed by atoms with Gasteiger partial charge in [-0.3, -0.25) is 10.1 Å². The van der Waals surface area contributed by atoms with Crippen LogP contribution in [0.1, 0.15) is 16.7 Å². The summed E-state index contributed by atoms with van der Waals surface area (Å²) in [5.74, 6) is 0.699. The van der Waals surface area contributed by atoms with Crippen LogP contribution in [0.3, 0.4) is 0 Å². The lowest BCUT2D eigenvalue weighted by atomic mass is 10.1. The van der Waals surface area contributed by atoms with Gasteiger partial charge in [-0.25, -0.2) is 0 Å². The molecule has 0 amide bonds. The molecule has 0 aliphatic heterocycles. The van der Waals surface area contributed by atoms with E-state index in [0.717, 1.165) is 5.56 Å². The van der Waals surface area contributed by atoms with E-state index in [1.165, 1.54) is 12.1 Å². The third-order valence-electron chi connectivity index (χ3n) is 2.41. The summed E-state index contributed by atoms with van der Waals surface area (Å²) in [4.78, 5) is 10.1. The van der Waals surface area contributed by atoms with Crippen LogP contribution in [0.5, 0.6) is 0 Å². The third kappa shape index (κ3) is 2.85. The predicted molar refractivity (Wildman–Crippen MR) is 64.1 cm³/mol. The van der Waals surface area contributed by atoms with Crippen molar-refractivity contribution in [2.24, 2.45) is 0 Å². The second kappa shape index (κ2) is 5.01. The first kappa shape index (κ1) is 11.7. The van der Waals surface area contributed by atoms with Gasteiger partial charge in [-0.05, 0) is 24.1 Å². The number of furan rings is 1. The molecule has 0 bridgehead atoms. The number of hydrogen-bond acceptors (Lipinski definition) is 3. The fourth-order valence-electron chi connectivity index (χ4n) is 1.53. The molecule has 2 rings (SSSR count). The minimum atomic E-state index is -0.422. The molecule has 0 aliphatic carbocycles. The highest BCUT2D eigenvalue weighted by atomic mass is 35.5. The molecule has 0 N–H and O–H groups in total. The fraction of sp³-hybridized carbons (Fsp3) is 0.167. The predicted octanol–water partition coefficient (Wildman–Crippen LogP) is 3.71. The zero-order valence-electron chi connectivity index (χ0n) is 8.88. The molecule has 4 nitrogen and oxygen atoms in total. The molecule has 0 aliphatic rings. The number of benzene rings is 1. The Kier molecular flexibility index (Phi) is 3.44. The van der Waals surface area contributed by atoms with Crippen LogP contribution in [0.4, 0.5) is 5.69 Å². The van der Waals surface area contributed by atoms with Gasteiger partial charge in [0.25, 0.3) is 5.69 Å². The minimum absolute atomic E-state index is 0.0814. The van der Waals surface area contributed by atoms with E-state index >= 15 is 0 Å². The number of nitrogens with zero attached hydrogens (tertiary/aromatic N) is 1. The summed E-state index contributed by atoms with van der Waals surface area (Å²) in [6.45, 7) is 0. The Morgan fingerprint density at radius 3 is 2.53 bits per heavy atom. The quantitative estimate of drug-likeness (QED) is 0.473. The first-order valence-electron chi connectivity index (χ1n) is 5.07. The van der Waals surface area contributed by atoms with Gasteiger partial charge in [0.05, 0.1) is 16.6 Å². The van der Waals surface area contributed by atoms with Crippen molar-refractivity contribution in [3.8, 4) is 0 Å². The third-order valence-corrected chi connectivity index (χ3v) is 2.78. The molecule has 0 radical (unpaired) electrons. The topological polar surface area (TPSA) is 56.3 Å². The van der Waals surface area contributed by atoms with Gasteiger partial charge in [0.1, 0.15) is 5.76 Å². The van der Waals surface area contributed by atoms with E-state index in [2.05, 4.69) is 0 Å². The van der Waals surface area contributed by atoms with Gasteiger partial charge in [0.2, 0.25) is 0 Å². The Morgan fingerprint density at radius 1 is 1.29 bits per heavy atom. The summed E-state index contributed by atoms with van der Waals surface area (Å²) < 4.78 is 5.19. The summed E-state index contributed by atoms with van der Waals surface area (Å²) in [6, 6.07) is 9.94. The molecule has 17 heavy (non-hydrogen) atoms. The van der Waals surface area contributed by atoms with Crippen molar-refractivity contribution in [2.45, 2.75) is 11.8 Å². The largest absolute Gasteiger partial charge is 0.468 e. The summed E-state index contributed by atoms with van der Waals surface area (Å²) >= 11 is 6.16. The molecule has 1 heterocycles. The maximum Gasteiger partial charge on any atom is 0.269 e. The lowest BCUT2D eigenvalue weighted by Gasteiger charge is -2.06. The van der Waals surface area contributed by atoms with Crippen LogP contribution in [-0.4, -0.2) is 4.92 Å². The lowest BCUT2D eigenvalue weighted by molar-refractivity contribution is -0.384. The van der Waals surface area contributed by atoms with E-state index in [1.54, 1.807) is 24.5 Å². The van der Waals surface area contributed by atoms with E-state index < -0.39 is 4.92 Å². The smallest absolute Gasteiger partial charge is 0.269 e. The van der Waals surface area contributed by atoms with E-state index in [4.69, 9.17) is 16.0 Å². The number of rotatable bonds is 4. The molecular formula is C12H10ClNO3. The Balaban J connectivity index is 2.06. The fourth-order valence-corrected chi connectivity index (χ4v) is 1.83. The Morgan fingerprint density at radius 2 is 2.00 bits per heavy atom. The van der Waals surface area contributed by atoms with Gasteiger partial charge in [0.15, 0.2) is 0 Å². The second-order valence-corrected chi connectivity index (χ2v) is 4.14. The molecule has 2 aromatic rings. The SMILES string of the molecule is O=[N+]([O-])c1ccc(CC(Cl)c2ccco2)cc1. The molecule has 0 saturated heterocycles. The zero-order chi connectivity index (χ0) is 12.3. The highest BCUT2D eigenvalue weighted by molar-refractivity contribution is 6.20. The van der Waals surface area contributed by atoms with Crippen LogP contribution < -0.4 is 0 Å². The van der Waals surface area contributed by atoms with Crippen LogP contribution in [0.25, 0.3) is 0 Å². The molecule has 0 saturated carbocycles. The highest BCUT2D eigenvalue weighted by Crippen LogP contribution is 2.25. The molecular weight excluding hydrogens is 242 g/mol. The summed E-state index contributed by atoms with van der Waals surface area (Å²) in [7, 11) is 0. The summed E-state index contributed by atoms with van der Waals surface area (Å²) in [5.41, 5.74) is 1.02. The maximum atomic E-state index is 10.5. The molecule has 88 valence electrons. The Hall–Kier alpha value is -1.81. The van der Waals surface area contributed by atoms with Crippen molar-refractivity contribution in [2.75, 3.05) is 0 Å². The molecule has 1 unspecified atom stereocenters. The van der Waals surface area contributed by atoms with Gasteiger partial charge in [0, 0.05) is 12.1 Å². The van der Waals surface area contributed by atoms with Crippen LogP contribution in [0.15, 0.2) is 47.1 Å². The van der Waals surface area contributed by atoms with E-state index in [9.17, 15) is 10.1 Å². The second-order valence-electron chi connectivity index (χ2n) is 3.61. The van der Waals surface area contributed by atoms with Gasteiger partial charge in [-0.1, -0.05) is 12.1 Å². The van der Waals surface area contributed by atoms with Crippen molar-refractivity contribution in [3.63, 3.8) is 0 Å². The van der Waals surface area contributed by atoms with Crippen molar-refractivity contribution >= 4 is 17.3 Å². The first-order valence-corrected chi connectivity index (χ1v) is 5.51. The molecule has 1 aromatic carbocycles. The summed E-state index contributed by atoms with van der Waals surface area (Å²) in [6.07, 6.45) is 2.15. The lowest BCUT2D eigenvalue weighted by Crippen LogP contribution is -1.95. The van der Waals surface area contributed by atoms with Gasteiger partial charge < -0.3 is 4.42 Å². The molecule has 1 aromatic heterocycles. The maximum absolute atomic E-state index is 10.5. The number of non-ortho nitro benzene ring substituents is 1. The van der Waals surface area contributed by atoms with Gasteiger partial charge in [-0.2, -0.15) is 0 Å². The molecule has 0 fully saturated rings. The number of nitro benzene ring substituents is 1. The van der Waals surface area contributed by atoms with Crippen molar-refractivity contribution < 1.29 is 9.34 Å². The molecule has 1 atom stereocenters. The number of hydrogen-bond donors (Lipinski definition) is 0. The van der Waals surface area contributed by atoms with Crippen LogP contribution >= 0.6 is 11.6 Å². The first-order chi connectivity index (χ1) is 8.16. The standard InChI is InChI=1S/C12H10ClNO3/c13-11(12-2-1-7-17-12)8-9-3-5-10(6-4-9)14(15)16/h1-7,11H,8H2. The monoisotopic (exact) mass is 251 g/mol. The number of nitro groups is 1. The Labute approximate surface area is 103 Å². The number of alkyl halides is 1. The minimum Gasteiger partial charge on any atom is -0.468 e. The highest BCUT2D eigenvalue weighted by Gasteiger charge is 2.12. The normalized spacial score (nSPS) is 12.3. The van der Waals surface area contributed by atoms with Gasteiger partial charge in [-0.15, -0.1) is 11.6 Å². The van der Waals surface area contributed by atoms with E-state index in [0.29, 0.717) is 12.2 Å². The molecule has 5 heteroatoms. The number of halogens is 1.